The van der Waals surface area contributed by atoms with Gasteiger partial charge in [-0.2, -0.15) is 5.10 Å². The zero-order valence-corrected chi connectivity index (χ0v) is 12.9. The molecule has 0 aliphatic carbocycles. The first-order chi connectivity index (χ1) is 10.0. The summed E-state index contributed by atoms with van der Waals surface area (Å²) in [5.41, 5.74) is 1.06. The Morgan fingerprint density at radius 2 is 2.14 bits per heavy atom. The van der Waals surface area contributed by atoms with Gasteiger partial charge in [0.05, 0.1) is 11.9 Å². The summed E-state index contributed by atoms with van der Waals surface area (Å²) >= 11 is 3.36. The maximum atomic E-state index is 11.2. The Morgan fingerprint density at radius 3 is 2.81 bits per heavy atom. The van der Waals surface area contributed by atoms with E-state index in [0.29, 0.717) is 24.3 Å². The molecule has 0 aliphatic heterocycles. The molecule has 0 atom stereocenters. The van der Waals surface area contributed by atoms with Crippen molar-refractivity contribution in [3.8, 4) is 5.75 Å². The van der Waals surface area contributed by atoms with E-state index in [1.165, 1.54) is 6.20 Å². The number of carboxylic acids is 1. The van der Waals surface area contributed by atoms with Gasteiger partial charge in [0.2, 0.25) is 0 Å². The minimum absolute atomic E-state index is 0.103. The van der Waals surface area contributed by atoms with Gasteiger partial charge in [0, 0.05) is 23.1 Å². The molecule has 0 bridgehead atoms. The number of carbonyl (C=O) groups is 1. The predicted molar refractivity (Wildman–Crippen MR) is 81.5 cm³/mol. The molecule has 2 aromatic rings. The van der Waals surface area contributed by atoms with Crippen LogP contribution in [0.15, 0.2) is 34.9 Å². The molecule has 0 saturated heterocycles. The van der Waals surface area contributed by atoms with E-state index in [4.69, 9.17) is 0 Å². The van der Waals surface area contributed by atoms with Crippen molar-refractivity contribution in [3.05, 3.63) is 46.2 Å². The van der Waals surface area contributed by atoms with Crippen LogP contribution in [0.3, 0.4) is 0 Å². The molecule has 0 spiro atoms. The maximum absolute atomic E-state index is 11.2. The molecule has 1 aromatic heterocycles. The number of carboxylic acid groups (broad SMARTS) is 1. The van der Waals surface area contributed by atoms with E-state index >= 15 is 0 Å². The van der Waals surface area contributed by atoms with Crippen LogP contribution >= 0.6 is 15.9 Å². The lowest BCUT2D eigenvalue weighted by molar-refractivity contribution is 0.0690. The summed E-state index contributed by atoms with van der Waals surface area (Å²) in [7, 11) is 0. The molecule has 0 aliphatic rings. The second-order valence-electron chi connectivity index (χ2n) is 4.36. The lowest BCUT2D eigenvalue weighted by Crippen LogP contribution is -2.25. The lowest BCUT2D eigenvalue weighted by Gasteiger charge is -2.24. The molecule has 2 N–H and O–H groups in total. The summed E-state index contributed by atoms with van der Waals surface area (Å²) in [4.78, 5) is 13.0. The summed E-state index contributed by atoms with van der Waals surface area (Å²) in [6, 6.07) is 6.74. The van der Waals surface area contributed by atoms with Crippen molar-refractivity contribution in [3.63, 3.8) is 0 Å². The largest absolute Gasteiger partial charge is 0.508 e. The number of phenols is 1. The summed E-state index contributed by atoms with van der Waals surface area (Å²) in [6.45, 7) is 2.84. The maximum Gasteiger partial charge on any atom is 0.358 e. The SMILES string of the molecule is CCN(Cc1cc(Br)ccc1O)c1ccnnc1C(=O)O. The number of hydrogen-bond donors (Lipinski definition) is 2. The van der Waals surface area contributed by atoms with Crippen molar-refractivity contribution in [1.29, 1.82) is 0 Å². The molecule has 2 rings (SSSR count). The zero-order valence-electron chi connectivity index (χ0n) is 11.3. The molecule has 110 valence electrons. The van der Waals surface area contributed by atoms with E-state index < -0.39 is 5.97 Å². The monoisotopic (exact) mass is 351 g/mol. The Bertz CT molecular complexity index is 664. The highest BCUT2D eigenvalue weighted by Gasteiger charge is 2.18. The Hall–Kier alpha value is -2.15. The zero-order chi connectivity index (χ0) is 15.4. The molecular formula is C14H14BrN3O3. The number of anilines is 1. The van der Waals surface area contributed by atoms with Gasteiger partial charge in [0.15, 0.2) is 5.69 Å². The topological polar surface area (TPSA) is 86.5 Å². The molecule has 7 heteroatoms. The van der Waals surface area contributed by atoms with Crippen LogP contribution in [0.25, 0.3) is 0 Å². The molecular weight excluding hydrogens is 338 g/mol. The van der Waals surface area contributed by atoms with E-state index in [-0.39, 0.29) is 11.4 Å². The Labute approximate surface area is 130 Å². The van der Waals surface area contributed by atoms with Gasteiger partial charge in [-0.3, -0.25) is 0 Å². The minimum atomic E-state index is -1.13. The van der Waals surface area contributed by atoms with Crippen LogP contribution in [-0.4, -0.2) is 32.9 Å². The summed E-state index contributed by atoms with van der Waals surface area (Å²) in [6.07, 6.45) is 1.45. The lowest BCUT2D eigenvalue weighted by atomic mass is 10.1. The summed E-state index contributed by atoms with van der Waals surface area (Å²) in [5.74, 6) is -0.967. The highest BCUT2D eigenvalue weighted by molar-refractivity contribution is 9.10. The second kappa shape index (κ2) is 6.53. The van der Waals surface area contributed by atoms with Crippen LogP contribution in [0.4, 0.5) is 5.69 Å². The predicted octanol–water partition coefficient (Wildman–Crippen LogP) is 2.67. The molecule has 0 saturated carbocycles. The van der Waals surface area contributed by atoms with Gasteiger partial charge in [-0.1, -0.05) is 15.9 Å². The third kappa shape index (κ3) is 3.49. The standard InChI is InChI=1S/C14H14BrN3O3/c1-2-18(8-9-7-10(15)3-4-12(9)19)11-5-6-16-17-13(11)14(20)21/h3-7,19H,2,8H2,1H3,(H,20,21). The van der Waals surface area contributed by atoms with Crippen molar-refractivity contribution < 1.29 is 15.0 Å². The number of rotatable bonds is 5. The Morgan fingerprint density at radius 1 is 1.38 bits per heavy atom. The molecule has 0 unspecified atom stereocenters. The molecule has 0 amide bonds. The van der Waals surface area contributed by atoms with E-state index in [0.717, 1.165) is 4.47 Å². The van der Waals surface area contributed by atoms with E-state index in [1.807, 2.05) is 11.8 Å². The van der Waals surface area contributed by atoms with Crippen molar-refractivity contribution in [2.75, 3.05) is 11.4 Å². The second-order valence-corrected chi connectivity index (χ2v) is 5.27. The van der Waals surface area contributed by atoms with Crippen molar-refractivity contribution in [2.24, 2.45) is 0 Å². The normalized spacial score (nSPS) is 10.4. The number of aromatic nitrogens is 2. The number of aromatic hydroxyl groups is 1. The fraction of sp³-hybridized carbons (Fsp3) is 0.214. The van der Waals surface area contributed by atoms with Crippen LogP contribution in [0, 0.1) is 0 Å². The number of hydrogen-bond acceptors (Lipinski definition) is 5. The summed E-state index contributed by atoms with van der Waals surface area (Å²) in [5, 5.41) is 26.4. The number of nitrogens with zero attached hydrogens (tertiary/aromatic N) is 3. The van der Waals surface area contributed by atoms with Crippen molar-refractivity contribution in [1.82, 2.24) is 10.2 Å². The number of benzene rings is 1. The number of aromatic carboxylic acids is 1. The average molecular weight is 352 g/mol. The van der Waals surface area contributed by atoms with E-state index in [2.05, 4.69) is 26.1 Å². The first-order valence-electron chi connectivity index (χ1n) is 6.30. The van der Waals surface area contributed by atoms with Gasteiger partial charge in [0.1, 0.15) is 5.75 Å². The first kappa shape index (κ1) is 15.2. The van der Waals surface area contributed by atoms with Crippen molar-refractivity contribution in [2.45, 2.75) is 13.5 Å². The van der Waals surface area contributed by atoms with Gasteiger partial charge in [-0.05, 0) is 31.2 Å². The van der Waals surface area contributed by atoms with Gasteiger partial charge < -0.3 is 15.1 Å². The molecule has 0 fully saturated rings. The highest BCUT2D eigenvalue weighted by atomic mass is 79.9. The fourth-order valence-electron chi connectivity index (χ4n) is 1.99. The molecule has 21 heavy (non-hydrogen) atoms. The van der Waals surface area contributed by atoms with E-state index in [1.54, 1.807) is 24.3 Å². The number of halogens is 1. The number of phenolic OH excluding ortho intramolecular Hbond substituents is 1. The van der Waals surface area contributed by atoms with Gasteiger partial charge in [0.25, 0.3) is 0 Å². The average Bonchev–Trinajstić information content (AvgIpc) is 2.48. The van der Waals surface area contributed by atoms with Crippen molar-refractivity contribution >= 4 is 27.6 Å². The third-order valence-electron chi connectivity index (χ3n) is 3.03. The Kier molecular flexibility index (Phi) is 4.74. The van der Waals surface area contributed by atoms with E-state index in [9.17, 15) is 15.0 Å². The van der Waals surface area contributed by atoms with Crippen LogP contribution in [0.1, 0.15) is 23.0 Å². The molecule has 1 aromatic carbocycles. The van der Waals surface area contributed by atoms with Gasteiger partial charge in [-0.25, -0.2) is 4.79 Å². The van der Waals surface area contributed by atoms with Gasteiger partial charge >= 0.3 is 5.97 Å². The van der Waals surface area contributed by atoms with Crippen LogP contribution in [0.2, 0.25) is 0 Å². The highest BCUT2D eigenvalue weighted by Crippen LogP contribution is 2.26. The van der Waals surface area contributed by atoms with Gasteiger partial charge in [-0.15, -0.1) is 5.10 Å². The molecule has 0 radical (unpaired) electrons. The Balaban J connectivity index is 2.37. The van der Waals surface area contributed by atoms with Crippen LogP contribution < -0.4 is 4.90 Å². The van der Waals surface area contributed by atoms with Crippen LogP contribution in [0.5, 0.6) is 5.75 Å². The minimum Gasteiger partial charge on any atom is -0.508 e. The summed E-state index contributed by atoms with van der Waals surface area (Å²) < 4.78 is 0.845. The third-order valence-corrected chi connectivity index (χ3v) is 3.52. The quantitative estimate of drug-likeness (QED) is 0.860. The molecule has 6 nitrogen and oxygen atoms in total. The molecule has 1 heterocycles. The fourth-order valence-corrected chi connectivity index (χ4v) is 2.39. The van der Waals surface area contributed by atoms with Crippen LogP contribution in [-0.2, 0) is 6.54 Å². The first-order valence-corrected chi connectivity index (χ1v) is 7.09. The smallest absolute Gasteiger partial charge is 0.358 e.